The molecule has 11 heteroatoms. The molecule has 1 aliphatic heterocycles. The number of amides is 2. The molecule has 276 valence electrons. The second-order valence-corrected chi connectivity index (χ2v) is 15.0. The fraction of sp³-hybridized carbons (Fsp3) is 0.333. The molecule has 0 aromatic heterocycles. The molecule has 2 unspecified atom stereocenters. The second-order valence-electron chi connectivity index (χ2n) is 14.2. The fourth-order valence-corrected chi connectivity index (χ4v) is 6.03. The highest BCUT2D eigenvalue weighted by Crippen LogP contribution is 2.39. The Morgan fingerprint density at radius 1 is 0.925 bits per heavy atom. The van der Waals surface area contributed by atoms with Crippen molar-refractivity contribution >= 4 is 57.8 Å². The monoisotopic (exact) mass is 756 g/mol. The summed E-state index contributed by atoms with van der Waals surface area (Å²) >= 11 is 12.4. The van der Waals surface area contributed by atoms with E-state index in [1.807, 2.05) is 13.0 Å². The van der Waals surface area contributed by atoms with Gasteiger partial charge in [-0.3, -0.25) is 9.59 Å². The van der Waals surface area contributed by atoms with E-state index in [-0.39, 0.29) is 38.9 Å². The highest BCUT2D eigenvalue weighted by Gasteiger charge is 2.40. The number of rotatable bonds is 13. The molecule has 1 aliphatic rings. The smallest absolute Gasteiger partial charge is 0.294 e. The molecule has 1 N–H and O–H groups in total. The maximum absolute atomic E-state index is 14.9. The standard InChI is InChI=1S/C42H43Cl2FN4O4/c1-9-34(52-35-20-13-26(41(4,5)10-2)23-30(35)42(6,7)11-3)39(50)47-27-14-17-29(18-15-27)49-40(51)38(53-36-21-16-28(46-8)24-33(36)45)37(48-49)25-12-19-31(43)32(44)22-25/h12-24,34,38H,9-11H2,1-7H3,(H,47,50). The van der Waals surface area contributed by atoms with Crippen molar-refractivity contribution in [3.8, 4) is 11.5 Å². The van der Waals surface area contributed by atoms with Gasteiger partial charge in [-0.25, -0.2) is 9.24 Å². The van der Waals surface area contributed by atoms with Crippen LogP contribution in [0.15, 0.2) is 84.0 Å². The zero-order chi connectivity index (χ0) is 38.7. The van der Waals surface area contributed by atoms with Crippen molar-refractivity contribution in [2.75, 3.05) is 10.3 Å². The molecule has 0 saturated carbocycles. The van der Waals surface area contributed by atoms with E-state index in [2.05, 4.69) is 68.9 Å². The molecule has 4 aromatic carbocycles. The van der Waals surface area contributed by atoms with E-state index in [4.69, 9.17) is 39.2 Å². The number of hydrazone groups is 1. The third-order valence-corrected chi connectivity index (χ3v) is 10.7. The molecule has 53 heavy (non-hydrogen) atoms. The zero-order valence-electron chi connectivity index (χ0n) is 30.9. The van der Waals surface area contributed by atoms with Gasteiger partial charge in [-0.1, -0.05) is 95.9 Å². The van der Waals surface area contributed by atoms with Gasteiger partial charge in [-0.2, -0.15) is 10.1 Å². The van der Waals surface area contributed by atoms with Gasteiger partial charge in [-0.05, 0) is 90.3 Å². The van der Waals surface area contributed by atoms with Gasteiger partial charge >= 0.3 is 0 Å². The third kappa shape index (κ3) is 8.51. The Labute approximate surface area is 320 Å². The Kier molecular flexibility index (Phi) is 11.9. The molecule has 1 heterocycles. The Bertz CT molecular complexity index is 2090. The van der Waals surface area contributed by atoms with Gasteiger partial charge in [0.15, 0.2) is 23.4 Å². The number of benzene rings is 4. The molecule has 5 rings (SSSR count). The Hall–Kier alpha value is -4.91. The summed E-state index contributed by atoms with van der Waals surface area (Å²) in [6, 6.07) is 21.3. The Morgan fingerprint density at radius 3 is 2.21 bits per heavy atom. The van der Waals surface area contributed by atoms with Gasteiger partial charge < -0.3 is 14.8 Å². The first kappa shape index (κ1) is 39.3. The highest BCUT2D eigenvalue weighted by atomic mass is 35.5. The predicted octanol–water partition coefficient (Wildman–Crippen LogP) is 11.1. The normalized spacial score (nSPS) is 15.1. The summed E-state index contributed by atoms with van der Waals surface area (Å²) in [4.78, 5) is 30.6. The first-order valence-corrected chi connectivity index (χ1v) is 18.3. The lowest BCUT2D eigenvalue weighted by Gasteiger charge is -2.31. The molecular weight excluding hydrogens is 714 g/mol. The van der Waals surface area contributed by atoms with Crippen LogP contribution in [0.2, 0.25) is 10.0 Å². The van der Waals surface area contributed by atoms with Crippen LogP contribution < -0.4 is 19.8 Å². The lowest BCUT2D eigenvalue weighted by atomic mass is 9.76. The quantitative estimate of drug-likeness (QED) is 0.138. The highest BCUT2D eigenvalue weighted by molar-refractivity contribution is 6.42. The number of carbonyl (C=O) groups excluding carboxylic acids is 2. The van der Waals surface area contributed by atoms with Gasteiger partial charge in [0, 0.05) is 16.8 Å². The summed E-state index contributed by atoms with van der Waals surface area (Å²) in [6.45, 7) is 22.2. The van der Waals surface area contributed by atoms with E-state index in [9.17, 15) is 14.0 Å². The van der Waals surface area contributed by atoms with E-state index in [0.717, 1.165) is 29.5 Å². The topological polar surface area (TPSA) is 84.6 Å². The lowest BCUT2D eigenvalue weighted by molar-refractivity contribution is -0.123. The maximum Gasteiger partial charge on any atom is 0.294 e. The minimum Gasteiger partial charge on any atom is -0.480 e. The van der Waals surface area contributed by atoms with Crippen LogP contribution >= 0.6 is 23.2 Å². The van der Waals surface area contributed by atoms with Crippen molar-refractivity contribution in [3.63, 3.8) is 0 Å². The van der Waals surface area contributed by atoms with Crippen molar-refractivity contribution in [2.45, 2.75) is 90.8 Å². The Balaban J connectivity index is 1.37. The number of hydrogen-bond acceptors (Lipinski definition) is 5. The van der Waals surface area contributed by atoms with E-state index in [1.165, 1.54) is 17.7 Å². The van der Waals surface area contributed by atoms with Gasteiger partial charge in [0.2, 0.25) is 6.10 Å². The maximum atomic E-state index is 14.9. The van der Waals surface area contributed by atoms with Crippen molar-refractivity contribution in [1.29, 1.82) is 0 Å². The van der Waals surface area contributed by atoms with Crippen LogP contribution in [0.3, 0.4) is 0 Å². The van der Waals surface area contributed by atoms with E-state index >= 15 is 0 Å². The van der Waals surface area contributed by atoms with Crippen molar-refractivity contribution < 1.29 is 23.5 Å². The number of nitrogens with zero attached hydrogens (tertiary/aromatic N) is 3. The summed E-state index contributed by atoms with van der Waals surface area (Å²) in [7, 11) is 0. The first-order chi connectivity index (χ1) is 25.1. The molecule has 0 saturated heterocycles. The lowest BCUT2D eigenvalue weighted by Crippen LogP contribution is -2.37. The van der Waals surface area contributed by atoms with Crippen LogP contribution in [0.1, 0.15) is 84.4 Å². The number of ether oxygens (including phenoxy) is 2. The minimum absolute atomic E-state index is 0.00134. The molecule has 2 amide bonds. The molecule has 0 bridgehead atoms. The van der Waals surface area contributed by atoms with Crippen LogP contribution in [0.25, 0.3) is 4.85 Å². The Morgan fingerprint density at radius 2 is 1.60 bits per heavy atom. The number of hydrogen-bond donors (Lipinski definition) is 1. The van der Waals surface area contributed by atoms with E-state index in [0.29, 0.717) is 34.1 Å². The van der Waals surface area contributed by atoms with Crippen molar-refractivity contribution in [3.05, 3.63) is 123 Å². The van der Waals surface area contributed by atoms with Gasteiger partial charge in [0.25, 0.3) is 11.8 Å². The van der Waals surface area contributed by atoms with Gasteiger partial charge in [0.1, 0.15) is 11.5 Å². The molecule has 0 aliphatic carbocycles. The van der Waals surface area contributed by atoms with Crippen molar-refractivity contribution in [1.82, 2.24) is 0 Å². The summed E-state index contributed by atoms with van der Waals surface area (Å²) in [5, 5.41) is 9.20. The first-order valence-electron chi connectivity index (χ1n) is 17.6. The second kappa shape index (κ2) is 16.0. The average molecular weight is 758 g/mol. The molecule has 0 fully saturated rings. The number of halogens is 3. The van der Waals surface area contributed by atoms with Gasteiger partial charge in [0.05, 0.1) is 22.3 Å². The van der Waals surface area contributed by atoms with Crippen LogP contribution in [-0.4, -0.2) is 29.7 Å². The molecule has 0 radical (unpaired) electrons. The third-order valence-electron chi connectivity index (χ3n) is 9.96. The number of anilines is 2. The van der Waals surface area contributed by atoms with Gasteiger partial charge in [-0.15, -0.1) is 0 Å². The molecule has 2 atom stereocenters. The van der Waals surface area contributed by atoms with Crippen LogP contribution in [0, 0.1) is 12.4 Å². The molecule has 4 aromatic rings. The SMILES string of the molecule is [C-]#[N+]c1ccc(OC2C(=O)N(c3ccc(NC(=O)C(CC)Oc4ccc(C(C)(C)CC)cc4C(C)(C)CC)cc3)N=C2c2ccc(Cl)c(Cl)c2)c(F)c1. The summed E-state index contributed by atoms with van der Waals surface area (Å²) in [5.74, 6) is -1.23. The van der Waals surface area contributed by atoms with Crippen LogP contribution in [-0.2, 0) is 20.4 Å². The van der Waals surface area contributed by atoms with Crippen molar-refractivity contribution in [2.24, 2.45) is 5.10 Å². The zero-order valence-corrected chi connectivity index (χ0v) is 32.4. The van der Waals surface area contributed by atoms with Crippen LogP contribution in [0.4, 0.5) is 21.5 Å². The summed E-state index contributed by atoms with van der Waals surface area (Å²) in [6.07, 6.45) is 0.226. The van der Waals surface area contributed by atoms with E-state index in [1.54, 1.807) is 42.5 Å². The van der Waals surface area contributed by atoms with E-state index < -0.39 is 23.9 Å². The predicted molar refractivity (Wildman–Crippen MR) is 210 cm³/mol. The molecule has 0 spiro atoms. The summed E-state index contributed by atoms with van der Waals surface area (Å²) in [5.41, 5.74) is 3.71. The number of carbonyl (C=O) groups is 2. The fourth-order valence-electron chi connectivity index (χ4n) is 5.74. The largest absolute Gasteiger partial charge is 0.480 e. The average Bonchev–Trinajstić information content (AvgIpc) is 3.47. The number of nitrogens with one attached hydrogen (secondary N) is 1. The molecule has 8 nitrogen and oxygen atoms in total. The molecular formula is C42H43Cl2FN4O4. The summed E-state index contributed by atoms with van der Waals surface area (Å²) < 4.78 is 27.2. The minimum atomic E-state index is -1.34. The van der Waals surface area contributed by atoms with Crippen LogP contribution in [0.5, 0.6) is 11.5 Å².